The van der Waals surface area contributed by atoms with Crippen molar-refractivity contribution >= 4 is 28.4 Å². The summed E-state index contributed by atoms with van der Waals surface area (Å²) >= 11 is 6.24. The van der Waals surface area contributed by atoms with Crippen LogP contribution in [0.5, 0.6) is 0 Å². The van der Waals surface area contributed by atoms with Gasteiger partial charge >= 0.3 is 0 Å². The summed E-state index contributed by atoms with van der Waals surface area (Å²) in [6, 6.07) is 5.59. The first-order valence-electron chi connectivity index (χ1n) is 6.44. The average molecular weight is 290 g/mol. The van der Waals surface area contributed by atoms with Crippen molar-refractivity contribution in [2.45, 2.75) is 12.5 Å². The molecule has 1 amide bonds. The lowest BCUT2D eigenvalue weighted by atomic mass is 10.1. The smallest absolute Gasteiger partial charge is 0.250 e. The molecule has 1 aliphatic heterocycles. The summed E-state index contributed by atoms with van der Waals surface area (Å²) < 4.78 is 2.00. The maximum atomic E-state index is 12.1. The van der Waals surface area contributed by atoms with Gasteiger partial charge in [0.05, 0.1) is 10.5 Å². The quantitative estimate of drug-likeness (QED) is 0.921. The highest BCUT2D eigenvalue weighted by atomic mass is 35.5. The lowest BCUT2D eigenvalue weighted by molar-refractivity contribution is -0.127. The zero-order valence-corrected chi connectivity index (χ0v) is 12.2. The minimum Gasteiger partial charge on any atom is -0.360 e. The molecule has 0 saturated carbocycles. The lowest BCUT2D eigenvalue weighted by Gasteiger charge is -2.07. The van der Waals surface area contributed by atoms with E-state index in [1.807, 2.05) is 36.0 Å². The second-order valence-electron chi connectivity index (χ2n) is 5.15. The summed E-state index contributed by atoms with van der Waals surface area (Å²) in [4.78, 5) is 13.7. The van der Waals surface area contributed by atoms with Crippen molar-refractivity contribution in [3.63, 3.8) is 0 Å². The van der Waals surface area contributed by atoms with Gasteiger partial charge < -0.3 is 14.8 Å². The number of para-hydroxylation sites is 1. The van der Waals surface area contributed by atoms with E-state index in [1.54, 1.807) is 11.9 Å². The van der Waals surface area contributed by atoms with Gasteiger partial charge in [0, 0.05) is 32.1 Å². The number of carbonyl (C=O) groups excluding carboxylic acids is 1. The Bertz CT molecular complexity index is 719. The van der Waals surface area contributed by atoms with Gasteiger partial charge in [-0.2, -0.15) is 0 Å². The number of carbonyl (C=O) groups is 1. The van der Waals surface area contributed by atoms with E-state index in [0.717, 1.165) is 21.5 Å². The van der Waals surface area contributed by atoms with Crippen LogP contribution in [0.4, 0.5) is 0 Å². The minimum atomic E-state index is -0.253. The van der Waals surface area contributed by atoms with Crippen LogP contribution in [0.2, 0.25) is 5.02 Å². The molecular weight excluding hydrogens is 274 g/mol. The Morgan fingerprint density at radius 1 is 1.40 bits per heavy atom. The van der Waals surface area contributed by atoms with Crippen LogP contribution in [-0.4, -0.2) is 28.5 Å². The third-order valence-electron chi connectivity index (χ3n) is 3.83. The number of fused-ring (bicyclic) bond motifs is 1. The molecule has 1 saturated heterocycles. The molecule has 1 atom stereocenters. The number of aryl methyl sites for hydroxylation is 1. The molecule has 0 bridgehead atoms. The average Bonchev–Trinajstić information content (AvgIpc) is 2.85. The van der Waals surface area contributed by atoms with Crippen LogP contribution in [0.15, 0.2) is 36.8 Å². The van der Waals surface area contributed by atoms with E-state index in [4.69, 9.17) is 11.6 Å². The molecule has 5 heteroatoms. The van der Waals surface area contributed by atoms with Gasteiger partial charge in [0.1, 0.15) is 11.9 Å². The van der Waals surface area contributed by atoms with Gasteiger partial charge in [-0.05, 0) is 11.6 Å². The number of benzene rings is 1. The van der Waals surface area contributed by atoms with Crippen LogP contribution < -0.4 is 5.32 Å². The highest BCUT2D eigenvalue weighted by Crippen LogP contribution is 2.28. The molecule has 1 N–H and O–H groups in total. The summed E-state index contributed by atoms with van der Waals surface area (Å²) in [6.07, 6.45) is 2.66. The topological polar surface area (TPSA) is 37.3 Å². The van der Waals surface area contributed by atoms with Gasteiger partial charge in [-0.1, -0.05) is 30.3 Å². The SMILES string of the molecule is C=C1NC(Cc2cn(C)c3c(Cl)cccc23)C(=O)N1C. The molecule has 2 aromatic rings. The first-order chi connectivity index (χ1) is 9.49. The monoisotopic (exact) mass is 289 g/mol. The number of amides is 1. The Morgan fingerprint density at radius 2 is 2.15 bits per heavy atom. The van der Waals surface area contributed by atoms with Gasteiger partial charge in [-0.3, -0.25) is 4.79 Å². The van der Waals surface area contributed by atoms with Crippen LogP contribution in [-0.2, 0) is 18.3 Å². The highest BCUT2D eigenvalue weighted by molar-refractivity contribution is 6.35. The first-order valence-corrected chi connectivity index (χ1v) is 6.82. The van der Waals surface area contributed by atoms with Crippen molar-refractivity contribution in [2.24, 2.45) is 7.05 Å². The van der Waals surface area contributed by atoms with Crippen molar-refractivity contribution in [2.75, 3.05) is 7.05 Å². The molecule has 4 nitrogen and oxygen atoms in total. The molecule has 0 radical (unpaired) electrons. The molecule has 20 heavy (non-hydrogen) atoms. The Labute approximate surface area is 122 Å². The van der Waals surface area contributed by atoms with E-state index in [-0.39, 0.29) is 11.9 Å². The predicted octanol–water partition coefficient (Wildman–Crippen LogP) is 2.28. The van der Waals surface area contributed by atoms with Gasteiger partial charge in [0.25, 0.3) is 5.91 Å². The largest absolute Gasteiger partial charge is 0.360 e. The Kier molecular flexibility index (Phi) is 2.98. The lowest BCUT2D eigenvalue weighted by Crippen LogP contribution is -2.30. The summed E-state index contributed by atoms with van der Waals surface area (Å²) in [5.41, 5.74) is 2.11. The molecule has 0 spiro atoms. The maximum absolute atomic E-state index is 12.1. The van der Waals surface area contributed by atoms with Crippen LogP contribution in [0, 0.1) is 0 Å². The predicted molar refractivity (Wildman–Crippen MR) is 80.5 cm³/mol. The number of hydrogen-bond donors (Lipinski definition) is 1. The molecule has 2 heterocycles. The maximum Gasteiger partial charge on any atom is 0.250 e. The van der Waals surface area contributed by atoms with E-state index in [2.05, 4.69) is 11.9 Å². The number of halogens is 1. The zero-order valence-electron chi connectivity index (χ0n) is 11.5. The van der Waals surface area contributed by atoms with Crippen LogP contribution in [0.3, 0.4) is 0 Å². The van der Waals surface area contributed by atoms with Crippen molar-refractivity contribution < 1.29 is 4.79 Å². The summed E-state index contributed by atoms with van der Waals surface area (Å²) in [5.74, 6) is 0.701. The molecule has 1 unspecified atom stereocenters. The molecule has 104 valence electrons. The van der Waals surface area contributed by atoms with E-state index in [9.17, 15) is 4.79 Å². The molecule has 1 aromatic carbocycles. The molecule has 1 fully saturated rings. The summed E-state index contributed by atoms with van der Waals surface area (Å²) in [6.45, 7) is 3.83. The third kappa shape index (κ3) is 1.88. The number of likely N-dealkylation sites (N-methyl/N-ethyl adjacent to an activating group) is 1. The summed E-state index contributed by atoms with van der Waals surface area (Å²) in [5, 5.41) is 4.95. The van der Waals surface area contributed by atoms with Gasteiger partial charge in [-0.15, -0.1) is 0 Å². The number of hydrogen-bond acceptors (Lipinski definition) is 2. The van der Waals surface area contributed by atoms with Gasteiger partial charge in [0.15, 0.2) is 0 Å². The fourth-order valence-corrected chi connectivity index (χ4v) is 3.06. The number of rotatable bonds is 2. The second-order valence-corrected chi connectivity index (χ2v) is 5.55. The van der Waals surface area contributed by atoms with Crippen molar-refractivity contribution in [3.8, 4) is 0 Å². The van der Waals surface area contributed by atoms with E-state index in [1.165, 1.54) is 0 Å². The van der Waals surface area contributed by atoms with Gasteiger partial charge in [0.2, 0.25) is 0 Å². The van der Waals surface area contributed by atoms with Gasteiger partial charge in [-0.25, -0.2) is 0 Å². The third-order valence-corrected chi connectivity index (χ3v) is 4.14. The second kappa shape index (κ2) is 4.56. The number of aromatic nitrogens is 1. The molecular formula is C15H16ClN3O. The van der Waals surface area contributed by atoms with E-state index < -0.39 is 0 Å². The standard InChI is InChI=1S/C15H16ClN3O/c1-9-17-13(15(20)19(9)3)7-10-8-18(2)14-11(10)5-4-6-12(14)16/h4-6,8,13,17H,1,7H2,2-3H3. The first kappa shape index (κ1) is 13.1. The van der Waals surface area contributed by atoms with Crippen molar-refractivity contribution in [1.82, 2.24) is 14.8 Å². The number of nitrogens with zero attached hydrogens (tertiary/aromatic N) is 2. The molecule has 1 aliphatic rings. The Morgan fingerprint density at radius 3 is 2.80 bits per heavy atom. The minimum absolute atomic E-state index is 0.0500. The fraction of sp³-hybridized carbons (Fsp3) is 0.267. The molecule has 1 aromatic heterocycles. The van der Waals surface area contributed by atoms with Crippen LogP contribution in [0.25, 0.3) is 10.9 Å². The van der Waals surface area contributed by atoms with Crippen molar-refractivity contribution in [3.05, 3.63) is 47.4 Å². The van der Waals surface area contributed by atoms with Crippen LogP contribution in [0.1, 0.15) is 5.56 Å². The number of nitrogens with one attached hydrogen (secondary N) is 1. The van der Waals surface area contributed by atoms with Crippen molar-refractivity contribution in [1.29, 1.82) is 0 Å². The Balaban J connectivity index is 1.99. The summed E-state index contributed by atoms with van der Waals surface area (Å²) in [7, 11) is 3.70. The van der Waals surface area contributed by atoms with E-state index in [0.29, 0.717) is 12.2 Å². The fourth-order valence-electron chi connectivity index (χ4n) is 2.75. The molecule has 0 aliphatic carbocycles. The van der Waals surface area contributed by atoms with Crippen LogP contribution >= 0.6 is 11.6 Å². The normalized spacial score (nSPS) is 18.9. The highest BCUT2D eigenvalue weighted by Gasteiger charge is 2.32. The Hall–Kier alpha value is -1.94. The van der Waals surface area contributed by atoms with E-state index >= 15 is 0 Å². The zero-order chi connectivity index (χ0) is 14.4. The molecule has 3 rings (SSSR count).